The van der Waals surface area contributed by atoms with Crippen molar-refractivity contribution in [1.82, 2.24) is 4.90 Å². The van der Waals surface area contributed by atoms with Gasteiger partial charge in [0.05, 0.1) is 12.1 Å². The molecular weight excluding hydrogens is 206 g/mol. The van der Waals surface area contributed by atoms with Gasteiger partial charge in [-0.2, -0.15) is 0 Å². The molecule has 0 saturated carbocycles. The molecule has 16 heavy (non-hydrogen) atoms. The summed E-state index contributed by atoms with van der Waals surface area (Å²) in [6.45, 7) is 8.78. The molecule has 0 aliphatic carbocycles. The summed E-state index contributed by atoms with van der Waals surface area (Å²) < 4.78 is 4.93. The minimum atomic E-state index is -0.735. The third-order valence-electron chi connectivity index (χ3n) is 2.70. The van der Waals surface area contributed by atoms with E-state index in [1.165, 1.54) is 6.08 Å². The van der Waals surface area contributed by atoms with Gasteiger partial charge in [-0.05, 0) is 18.8 Å². The molecule has 1 unspecified atom stereocenters. The molecule has 0 spiro atoms. The van der Waals surface area contributed by atoms with E-state index in [0.717, 1.165) is 6.42 Å². The van der Waals surface area contributed by atoms with Crippen molar-refractivity contribution in [2.75, 3.05) is 19.7 Å². The number of β-amino-alcohol motifs (C(OH)–C–C–N with tert-alkyl or cyclic N) is 1. The molecule has 1 rings (SSSR count). The van der Waals surface area contributed by atoms with E-state index in [9.17, 15) is 9.90 Å². The zero-order valence-electron chi connectivity index (χ0n) is 10.1. The van der Waals surface area contributed by atoms with Crippen LogP contribution in [0, 0.1) is 5.92 Å². The second-order valence-corrected chi connectivity index (χ2v) is 4.86. The summed E-state index contributed by atoms with van der Waals surface area (Å²) in [5.41, 5.74) is -0.735. The number of aliphatic hydroxyl groups is 1. The lowest BCUT2D eigenvalue weighted by Crippen LogP contribution is -2.37. The van der Waals surface area contributed by atoms with Crippen LogP contribution in [-0.2, 0) is 4.74 Å². The van der Waals surface area contributed by atoms with E-state index in [0.29, 0.717) is 25.4 Å². The van der Waals surface area contributed by atoms with E-state index in [1.54, 1.807) is 4.90 Å². The molecule has 1 aliphatic heterocycles. The predicted octanol–water partition coefficient (Wildman–Crippen LogP) is 1.79. The SMILES string of the molecule is C=CCOC(=O)N1CCC(O)(CC(C)C)C1. The van der Waals surface area contributed by atoms with Gasteiger partial charge in [0.1, 0.15) is 6.61 Å². The van der Waals surface area contributed by atoms with Crippen LogP contribution in [0.15, 0.2) is 12.7 Å². The Balaban J connectivity index is 2.44. The van der Waals surface area contributed by atoms with E-state index >= 15 is 0 Å². The fourth-order valence-corrected chi connectivity index (χ4v) is 2.16. The quantitative estimate of drug-likeness (QED) is 0.745. The number of likely N-dealkylation sites (tertiary alicyclic amines) is 1. The molecule has 92 valence electrons. The summed E-state index contributed by atoms with van der Waals surface area (Å²) in [6.07, 6.45) is 2.53. The van der Waals surface area contributed by atoms with Crippen LogP contribution in [0.1, 0.15) is 26.7 Å². The monoisotopic (exact) mass is 227 g/mol. The highest BCUT2D eigenvalue weighted by molar-refractivity contribution is 5.68. The van der Waals surface area contributed by atoms with Gasteiger partial charge in [0.25, 0.3) is 0 Å². The molecule has 1 fully saturated rings. The van der Waals surface area contributed by atoms with Gasteiger partial charge >= 0.3 is 6.09 Å². The number of hydrogen-bond donors (Lipinski definition) is 1. The molecule has 0 aromatic carbocycles. The van der Waals surface area contributed by atoms with Crippen LogP contribution in [0.25, 0.3) is 0 Å². The summed E-state index contributed by atoms with van der Waals surface area (Å²) in [4.78, 5) is 13.1. The largest absolute Gasteiger partial charge is 0.445 e. The molecule has 1 saturated heterocycles. The van der Waals surface area contributed by atoms with E-state index in [1.807, 2.05) is 0 Å². The van der Waals surface area contributed by atoms with E-state index in [2.05, 4.69) is 20.4 Å². The summed E-state index contributed by atoms with van der Waals surface area (Å²) in [5, 5.41) is 10.2. The minimum Gasteiger partial charge on any atom is -0.445 e. The number of ether oxygens (including phenoxy) is 1. The van der Waals surface area contributed by atoms with Gasteiger partial charge in [-0.25, -0.2) is 4.79 Å². The normalized spacial score (nSPS) is 24.9. The number of rotatable bonds is 4. The van der Waals surface area contributed by atoms with Gasteiger partial charge in [0.15, 0.2) is 0 Å². The second-order valence-electron chi connectivity index (χ2n) is 4.86. The predicted molar refractivity (Wildman–Crippen MR) is 62.1 cm³/mol. The lowest BCUT2D eigenvalue weighted by molar-refractivity contribution is 0.0272. The lowest BCUT2D eigenvalue weighted by Gasteiger charge is -2.24. The smallest absolute Gasteiger partial charge is 0.410 e. The first-order chi connectivity index (χ1) is 7.47. The van der Waals surface area contributed by atoms with E-state index in [-0.39, 0.29) is 12.7 Å². The van der Waals surface area contributed by atoms with E-state index in [4.69, 9.17) is 4.74 Å². The maximum atomic E-state index is 11.5. The molecule has 1 N–H and O–H groups in total. The topological polar surface area (TPSA) is 49.8 Å². The Kier molecular flexibility index (Phi) is 4.35. The van der Waals surface area contributed by atoms with Gasteiger partial charge < -0.3 is 14.7 Å². The summed E-state index contributed by atoms with van der Waals surface area (Å²) in [6, 6.07) is 0. The second kappa shape index (κ2) is 5.34. The number of amides is 1. The van der Waals surface area contributed by atoms with Crippen molar-refractivity contribution in [3.8, 4) is 0 Å². The molecular formula is C12H21NO3. The van der Waals surface area contributed by atoms with Gasteiger partial charge in [0.2, 0.25) is 0 Å². The Morgan fingerprint density at radius 2 is 2.38 bits per heavy atom. The fourth-order valence-electron chi connectivity index (χ4n) is 2.16. The van der Waals surface area contributed by atoms with Crippen molar-refractivity contribution in [2.24, 2.45) is 5.92 Å². The lowest BCUT2D eigenvalue weighted by atomic mass is 9.92. The van der Waals surface area contributed by atoms with Crippen LogP contribution in [0.5, 0.6) is 0 Å². The zero-order valence-corrected chi connectivity index (χ0v) is 10.1. The van der Waals surface area contributed by atoms with Crippen LogP contribution < -0.4 is 0 Å². The highest BCUT2D eigenvalue weighted by atomic mass is 16.6. The van der Waals surface area contributed by atoms with Crippen molar-refractivity contribution in [2.45, 2.75) is 32.3 Å². The highest BCUT2D eigenvalue weighted by Gasteiger charge is 2.38. The average Bonchev–Trinajstić information content (AvgIpc) is 2.55. The van der Waals surface area contributed by atoms with Crippen molar-refractivity contribution >= 4 is 6.09 Å². The molecule has 1 atom stereocenters. The zero-order chi connectivity index (χ0) is 12.2. The molecule has 1 aliphatic rings. The first-order valence-electron chi connectivity index (χ1n) is 5.72. The van der Waals surface area contributed by atoms with Gasteiger partial charge in [-0.15, -0.1) is 0 Å². The third-order valence-corrected chi connectivity index (χ3v) is 2.70. The van der Waals surface area contributed by atoms with Gasteiger partial charge in [-0.3, -0.25) is 0 Å². The summed E-state index contributed by atoms with van der Waals surface area (Å²) >= 11 is 0. The molecule has 4 heteroatoms. The Labute approximate surface area is 96.9 Å². The number of nitrogens with zero attached hydrogens (tertiary/aromatic N) is 1. The van der Waals surface area contributed by atoms with Crippen molar-refractivity contribution in [3.63, 3.8) is 0 Å². The van der Waals surface area contributed by atoms with Crippen LogP contribution in [0.2, 0.25) is 0 Å². The van der Waals surface area contributed by atoms with Gasteiger partial charge in [-0.1, -0.05) is 26.5 Å². The summed E-state index contributed by atoms with van der Waals surface area (Å²) in [5.74, 6) is 0.425. The first-order valence-corrected chi connectivity index (χ1v) is 5.72. The highest BCUT2D eigenvalue weighted by Crippen LogP contribution is 2.28. The molecule has 0 aromatic heterocycles. The molecule has 0 aromatic rings. The Bertz CT molecular complexity index is 265. The van der Waals surface area contributed by atoms with E-state index < -0.39 is 5.60 Å². The number of hydrogen-bond acceptors (Lipinski definition) is 3. The average molecular weight is 227 g/mol. The number of carbonyl (C=O) groups is 1. The molecule has 0 radical (unpaired) electrons. The number of carbonyl (C=O) groups excluding carboxylic acids is 1. The Hall–Kier alpha value is -1.03. The minimum absolute atomic E-state index is 0.220. The Morgan fingerprint density at radius 3 is 2.94 bits per heavy atom. The van der Waals surface area contributed by atoms with Crippen LogP contribution in [-0.4, -0.2) is 41.4 Å². The molecule has 4 nitrogen and oxygen atoms in total. The van der Waals surface area contributed by atoms with Crippen LogP contribution in [0.3, 0.4) is 0 Å². The molecule has 0 bridgehead atoms. The first kappa shape index (κ1) is 13.0. The maximum Gasteiger partial charge on any atom is 0.410 e. The van der Waals surface area contributed by atoms with Crippen LogP contribution >= 0.6 is 0 Å². The third kappa shape index (κ3) is 3.52. The van der Waals surface area contributed by atoms with Crippen molar-refractivity contribution in [3.05, 3.63) is 12.7 Å². The van der Waals surface area contributed by atoms with Crippen LogP contribution in [0.4, 0.5) is 4.79 Å². The van der Waals surface area contributed by atoms with Crippen molar-refractivity contribution in [1.29, 1.82) is 0 Å². The van der Waals surface area contributed by atoms with Crippen molar-refractivity contribution < 1.29 is 14.6 Å². The fraction of sp³-hybridized carbons (Fsp3) is 0.750. The molecule has 1 amide bonds. The molecule has 1 heterocycles. The summed E-state index contributed by atoms with van der Waals surface area (Å²) in [7, 11) is 0. The maximum absolute atomic E-state index is 11.5. The standard InChI is InChI=1S/C12H21NO3/c1-4-7-16-11(14)13-6-5-12(15,9-13)8-10(2)3/h4,10,15H,1,5-9H2,2-3H3. The van der Waals surface area contributed by atoms with Gasteiger partial charge in [0, 0.05) is 6.54 Å². The Morgan fingerprint density at radius 1 is 1.69 bits per heavy atom.